The van der Waals surface area contributed by atoms with Gasteiger partial charge in [0, 0.05) is 0 Å². The molecule has 13 heavy (non-hydrogen) atoms. The van der Waals surface area contributed by atoms with E-state index in [1.807, 2.05) is 0 Å². The molecule has 0 amide bonds. The van der Waals surface area contributed by atoms with Crippen LogP contribution in [0.25, 0.3) is 0 Å². The predicted molar refractivity (Wildman–Crippen MR) is 64.2 cm³/mol. The molecule has 2 fully saturated rings. The number of rotatable bonds is 1. The quantitative estimate of drug-likeness (QED) is 0.502. The van der Waals surface area contributed by atoms with Crippen molar-refractivity contribution in [2.45, 2.75) is 85.5 Å². The van der Waals surface area contributed by atoms with Gasteiger partial charge in [-0.1, -0.05) is 85.5 Å². The monoisotopic (exact) mass is 186 g/mol. The lowest BCUT2D eigenvalue weighted by Crippen LogP contribution is -1.85. The standard InChI is InChI=1S/2C4H8.C4H10.CH4/c2*1-2-4-3-1;1-3-4-2;/h2*1-4H2;3-4H2,1-2H3;1H4. The maximum Gasteiger partial charge on any atom is -0.0533 e. The highest BCUT2D eigenvalue weighted by molar-refractivity contribution is 4.51. The van der Waals surface area contributed by atoms with Crippen LogP contribution in [0.5, 0.6) is 0 Å². The summed E-state index contributed by atoms with van der Waals surface area (Å²) < 4.78 is 0. The molecule has 0 saturated heterocycles. The van der Waals surface area contributed by atoms with E-state index in [1.54, 1.807) is 0 Å². The van der Waals surface area contributed by atoms with Gasteiger partial charge in [0.2, 0.25) is 0 Å². The average molecular weight is 186 g/mol. The normalized spacial score (nSPS) is 17.1. The molecule has 0 spiro atoms. The van der Waals surface area contributed by atoms with Crippen LogP contribution in [0.15, 0.2) is 0 Å². The molecule has 0 radical (unpaired) electrons. The fourth-order valence-corrected chi connectivity index (χ4v) is 0.500. The molecule has 2 rings (SSSR count). The van der Waals surface area contributed by atoms with Crippen molar-refractivity contribution in [2.75, 3.05) is 0 Å². The highest BCUT2D eigenvalue weighted by atomic mass is 14.0. The van der Waals surface area contributed by atoms with E-state index in [2.05, 4.69) is 13.8 Å². The van der Waals surface area contributed by atoms with Crippen molar-refractivity contribution < 1.29 is 0 Å². The third-order valence-electron chi connectivity index (χ3n) is 2.50. The molecule has 2 aliphatic carbocycles. The molecule has 2 saturated carbocycles. The highest BCUT2D eigenvalue weighted by Gasteiger charge is 1.95. The van der Waals surface area contributed by atoms with Crippen molar-refractivity contribution >= 4 is 0 Å². The zero-order valence-corrected chi connectivity index (χ0v) is 9.07. The molecule has 0 heterocycles. The van der Waals surface area contributed by atoms with Gasteiger partial charge in [-0.2, -0.15) is 0 Å². The van der Waals surface area contributed by atoms with Gasteiger partial charge in [0.05, 0.1) is 0 Å². The minimum Gasteiger partial charge on any atom is -0.0776 e. The Morgan fingerprint density at radius 1 is 0.538 bits per heavy atom. The van der Waals surface area contributed by atoms with E-state index in [-0.39, 0.29) is 7.43 Å². The minimum absolute atomic E-state index is 0. The fraction of sp³-hybridized carbons (Fsp3) is 1.00. The minimum atomic E-state index is 0. The Morgan fingerprint density at radius 3 is 0.692 bits per heavy atom. The Morgan fingerprint density at radius 2 is 0.692 bits per heavy atom. The van der Waals surface area contributed by atoms with Gasteiger partial charge in [0.1, 0.15) is 0 Å². The Balaban J connectivity index is 0. The highest BCUT2D eigenvalue weighted by Crippen LogP contribution is 2.15. The zero-order chi connectivity index (χ0) is 9.07. The van der Waals surface area contributed by atoms with Crippen LogP contribution in [0.4, 0.5) is 0 Å². The lowest BCUT2D eigenvalue weighted by atomic mass is 10.0. The van der Waals surface area contributed by atoms with Crippen LogP contribution in [0, 0.1) is 0 Å². The molecule has 82 valence electrons. The van der Waals surface area contributed by atoms with Crippen molar-refractivity contribution in [2.24, 2.45) is 0 Å². The maximum atomic E-state index is 2.18. The number of hydrogen-bond acceptors (Lipinski definition) is 0. The Kier molecular flexibility index (Phi) is 17.3. The van der Waals surface area contributed by atoms with Crippen molar-refractivity contribution in [1.29, 1.82) is 0 Å². The second-order valence-electron chi connectivity index (χ2n) is 3.83. The molecule has 0 aromatic carbocycles. The molecule has 0 aliphatic heterocycles. The van der Waals surface area contributed by atoms with Gasteiger partial charge in [-0.05, 0) is 0 Å². The summed E-state index contributed by atoms with van der Waals surface area (Å²) in [6.45, 7) is 4.36. The van der Waals surface area contributed by atoms with E-state index in [1.165, 1.54) is 64.2 Å². The van der Waals surface area contributed by atoms with Crippen molar-refractivity contribution in [3.63, 3.8) is 0 Å². The van der Waals surface area contributed by atoms with Gasteiger partial charge >= 0.3 is 0 Å². The first-order valence-corrected chi connectivity index (χ1v) is 5.91. The lowest BCUT2D eigenvalue weighted by Gasteiger charge is -2.05. The van der Waals surface area contributed by atoms with Gasteiger partial charge < -0.3 is 0 Å². The topological polar surface area (TPSA) is 0 Å². The summed E-state index contributed by atoms with van der Waals surface area (Å²) in [6, 6.07) is 0. The van der Waals surface area contributed by atoms with E-state index in [0.29, 0.717) is 0 Å². The third-order valence-corrected chi connectivity index (χ3v) is 2.50. The smallest absolute Gasteiger partial charge is 0.0533 e. The predicted octanol–water partition coefficient (Wildman–Crippen LogP) is 5.56. The van der Waals surface area contributed by atoms with Crippen LogP contribution in [0.3, 0.4) is 0 Å². The molecule has 2 aliphatic rings. The van der Waals surface area contributed by atoms with Gasteiger partial charge in [-0.15, -0.1) is 0 Å². The van der Waals surface area contributed by atoms with Crippen molar-refractivity contribution in [1.82, 2.24) is 0 Å². The molecular weight excluding hydrogens is 156 g/mol. The van der Waals surface area contributed by atoms with Crippen molar-refractivity contribution in [3.05, 3.63) is 0 Å². The van der Waals surface area contributed by atoms with Crippen molar-refractivity contribution in [3.8, 4) is 0 Å². The van der Waals surface area contributed by atoms with Crippen LogP contribution in [0.1, 0.15) is 85.5 Å². The average Bonchev–Trinajstić information content (AvgIpc) is 1.79. The molecule has 0 heteroatoms. The molecule has 0 atom stereocenters. The Labute approximate surface area is 86.1 Å². The van der Waals surface area contributed by atoms with E-state index in [0.717, 1.165) is 0 Å². The molecule has 0 aromatic rings. The van der Waals surface area contributed by atoms with E-state index < -0.39 is 0 Å². The Bertz CT molecular complexity index is 40.4. The molecule has 0 bridgehead atoms. The van der Waals surface area contributed by atoms with Gasteiger partial charge in [0.15, 0.2) is 0 Å². The molecule has 0 nitrogen and oxygen atoms in total. The van der Waals surface area contributed by atoms with Crippen LogP contribution < -0.4 is 0 Å². The number of unbranched alkanes of at least 4 members (excludes halogenated alkanes) is 1. The third kappa shape index (κ3) is 14.8. The van der Waals surface area contributed by atoms with Gasteiger partial charge in [-0.3, -0.25) is 0 Å². The SMILES string of the molecule is C.C1CCC1.C1CCC1.CCCC. The summed E-state index contributed by atoms with van der Waals surface area (Å²) in [5, 5.41) is 0. The van der Waals surface area contributed by atoms with E-state index >= 15 is 0 Å². The van der Waals surface area contributed by atoms with Crippen LogP contribution in [-0.2, 0) is 0 Å². The second kappa shape index (κ2) is 14.5. The van der Waals surface area contributed by atoms with E-state index in [9.17, 15) is 0 Å². The molecular formula is C13H30. The molecule has 0 unspecified atom stereocenters. The summed E-state index contributed by atoms with van der Waals surface area (Å²) in [5.41, 5.74) is 0. The second-order valence-corrected chi connectivity index (χ2v) is 3.83. The Hall–Kier alpha value is 0. The fourth-order valence-electron chi connectivity index (χ4n) is 0.500. The van der Waals surface area contributed by atoms with E-state index in [4.69, 9.17) is 0 Å². The zero-order valence-electron chi connectivity index (χ0n) is 9.07. The first-order chi connectivity index (χ1) is 5.91. The van der Waals surface area contributed by atoms with Gasteiger partial charge in [-0.25, -0.2) is 0 Å². The molecule has 0 N–H and O–H groups in total. The summed E-state index contributed by atoms with van der Waals surface area (Å²) in [4.78, 5) is 0. The summed E-state index contributed by atoms with van der Waals surface area (Å²) in [5.74, 6) is 0. The molecule has 0 aromatic heterocycles. The first kappa shape index (κ1) is 15.5. The largest absolute Gasteiger partial charge is 0.0776 e. The first-order valence-electron chi connectivity index (χ1n) is 5.91. The van der Waals surface area contributed by atoms with Crippen LogP contribution >= 0.6 is 0 Å². The summed E-state index contributed by atoms with van der Waals surface area (Å²) >= 11 is 0. The van der Waals surface area contributed by atoms with Crippen LogP contribution in [-0.4, -0.2) is 0 Å². The maximum absolute atomic E-state index is 2.18. The van der Waals surface area contributed by atoms with Crippen LogP contribution in [0.2, 0.25) is 0 Å². The number of hydrogen-bond donors (Lipinski definition) is 0. The van der Waals surface area contributed by atoms with Gasteiger partial charge in [0.25, 0.3) is 0 Å². The summed E-state index contributed by atoms with van der Waals surface area (Å²) in [7, 11) is 0. The lowest BCUT2D eigenvalue weighted by molar-refractivity contribution is 0.504. The summed E-state index contributed by atoms with van der Waals surface area (Å²) in [6.07, 6.45) is 14.6.